The molecule has 3 rings (SSSR count). The third-order valence-corrected chi connectivity index (χ3v) is 7.13. The number of methoxy groups -OCH3 is 1. The van der Waals surface area contributed by atoms with Crippen molar-refractivity contribution in [2.75, 3.05) is 31.2 Å². The SMILES string of the molecule is CCOc1ccc(CNC(=O)CN(c2cc(Cl)ccc2OC)S(=O)(=O)c2ccccc2)cc1OCC. The number of halogens is 1. The number of ether oxygens (including phenoxy) is 3. The Morgan fingerprint density at radius 2 is 1.58 bits per heavy atom. The third-order valence-electron chi connectivity index (χ3n) is 5.13. The second kappa shape index (κ2) is 12.5. The van der Waals surface area contributed by atoms with Crippen LogP contribution >= 0.6 is 11.6 Å². The molecule has 0 saturated heterocycles. The number of nitrogens with one attached hydrogen (secondary N) is 1. The first-order valence-electron chi connectivity index (χ1n) is 11.4. The van der Waals surface area contributed by atoms with Crippen LogP contribution in [0, 0.1) is 0 Å². The lowest BCUT2D eigenvalue weighted by atomic mass is 10.2. The Balaban J connectivity index is 1.87. The summed E-state index contributed by atoms with van der Waals surface area (Å²) >= 11 is 6.17. The Morgan fingerprint density at radius 3 is 2.25 bits per heavy atom. The molecule has 3 aromatic carbocycles. The van der Waals surface area contributed by atoms with Crippen molar-refractivity contribution in [3.63, 3.8) is 0 Å². The van der Waals surface area contributed by atoms with Crippen LogP contribution in [0.3, 0.4) is 0 Å². The molecule has 0 heterocycles. The van der Waals surface area contributed by atoms with Crippen molar-refractivity contribution in [2.45, 2.75) is 25.3 Å². The summed E-state index contributed by atoms with van der Waals surface area (Å²) in [6.45, 7) is 4.39. The number of benzene rings is 3. The smallest absolute Gasteiger partial charge is 0.264 e. The molecule has 1 N–H and O–H groups in total. The molecular weight excluding hydrogens is 504 g/mol. The molecule has 10 heteroatoms. The summed E-state index contributed by atoms with van der Waals surface area (Å²) in [5, 5.41) is 3.08. The molecule has 0 radical (unpaired) electrons. The lowest BCUT2D eigenvalue weighted by molar-refractivity contribution is -0.119. The number of carbonyl (C=O) groups excluding carboxylic acids is 1. The Bertz CT molecular complexity index is 1280. The van der Waals surface area contributed by atoms with Crippen molar-refractivity contribution in [2.24, 2.45) is 0 Å². The molecular formula is C26H29ClN2O6S. The number of hydrogen-bond acceptors (Lipinski definition) is 6. The van der Waals surface area contributed by atoms with Gasteiger partial charge in [-0.05, 0) is 61.9 Å². The molecule has 0 fully saturated rings. The molecule has 0 aromatic heterocycles. The fourth-order valence-electron chi connectivity index (χ4n) is 3.47. The molecule has 36 heavy (non-hydrogen) atoms. The van der Waals surface area contributed by atoms with Crippen LogP contribution in [0.25, 0.3) is 0 Å². The summed E-state index contributed by atoms with van der Waals surface area (Å²) in [6.07, 6.45) is 0. The Kier molecular flexibility index (Phi) is 9.44. The maximum absolute atomic E-state index is 13.6. The van der Waals surface area contributed by atoms with Gasteiger partial charge in [0.25, 0.3) is 10.0 Å². The fourth-order valence-corrected chi connectivity index (χ4v) is 5.08. The van der Waals surface area contributed by atoms with Crippen LogP contribution < -0.4 is 23.8 Å². The zero-order valence-electron chi connectivity index (χ0n) is 20.4. The van der Waals surface area contributed by atoms with E-state index in [1.165, 1.54) is 25.3 Å². The van der Waals surface area contributed by atoms with Gasteiger partial charge in [-0.3, -0.25) is 9.10 Å². The first-order valence-corrected chi connectivity index (χ1v) is 13.2. The minimum absolute atomic E-state index is 0.0349. The summed E-state index contributed by atoms with van der Waals surface area (Å²) in [5.41, 5.74) is 0.928. The first-order chi connectivity index (χ1) is 17.3. The lowest BCUT2D eigenvalue weighted by Gasteiger charge is -2.26. The molecule has 192 valence electrons. The molecule has 1 amide bonds. The van der Waals surface area contributed by atoms with Crippen molar-refractivity contribution in [1.82, 2.24) is 5.32 Å². The van der Waals surface area contributed by atoms with E-state index in [2.05, 4.69) is 5.32 Å². The van der Waals surface area contributed by atoms with Gasteiger partial charge in [0.2, 0.25) is 5.91 Å². The quantitative estimate of drug-likeness (QED) is 0.365. The van der Waals surface area contributed by atoms with E-state index in [1.807, 2.05) is 19.9 Å². The second-order valence-corrected chi connectivity index (χ2v) is 9.86. The zero-order valence-corrected chi connectivity index (χ0v) is 21.9. The van der Waals surface area contributed by atoms with Crippen molar-refractivity contribution in [1.29, 1.82) is 0 Å². The van der Waals surface area contributed by atoms with Crippen LogP contribution in [0.5, 0.6) is 17.2 Å². The van der Waals surface area contributed by atoms with E-state index in [1.54, 1.807) is 42.5 Å². The summed E-state index contributed by atoms with van der Waals surface area (Å²) in [6, 6.07) is 17.8. The molecule has 0 saturated carbocycles. The molecule has 8 nitrogen and oxygen atoms in total. The Morgan fingerprint density at radius 1 is 0.917 bits per heavy atom. The van der Waals surface area contributed by atoms with Gasteiger partial charge in [-0.2, -0.15) is 0 Å². The monoisotopic (exact) mass is 532 g/mol. The van der Waals surface area contributed by atoms with Crippen LogP contribution in [0.4, 0.5) is 5.69 Å². The van der Waals surface area contributed by atoms with Crippen LogP contribution in [-0.2, 0) is 21.4 Å². The molecule has 0 aliphatic carbocycles. The van der Waals surface area contributed by atoms with Crippen LogP contribution in [-0.4, -0.2) is 41.2 Å². The van der Waals surface area contributed by atoms with E-state index in [-0.39, 0.29) is 22.9 Å². The van der Waals surface area contributed by atoms with Gasteiger partial charge in [0, 0.05) is 11.6 Å². The predicted octanol–water partition coefficient (Wildman–Crippen LogP) is 4.66. The number of sulfonamides is 1. The standard InChI is InChI=1S/C26H29ClN2O6S/c1-4-34-24-13-11-19(15-25(24)35-5-2)17-28-26(30)18-29(22-16-20(27)12-14-23(22)33-3)36(31,32)21-9-7-6-8-10-21/h6-16H,4-5,17-18H2,1-3H3,(H,28,30). The topological polar surface area (TPSA) is 94.2 Å². The molecule has 0 aliphatic heterocycles. The normalized spacial score (nSPS) is 11.0. The number of nitrogens with zero attached hydrogens (tertiary/aromatic N) is 1. The minimum Gasteiger partial charge on any atom is -0.495 e. The third kappa shape index (κ3) is 6.61. The molecule has 0 bridgehead atoms. The van der Waals surface area contributed by atoms with Crippen molar-refractivity contribution >= 4 is 33.2 Å². The molecule has 0 unspecified atom stereocenters. The molecule has 0 spiro atoms. The molecule has 0 aliphatic rings. The van der Waals surface area contributed by atoms with Gasteiger partial charge in [-0.15, -0.1) is 0 Å². The molecule has 0 atom stereocenters. The highest BCUT2D eigenvalue weighted by Crippen LogP contribution is 2.35. The molecule has 3 aromatic rings. The number of rotatable bonds is 12. The van der Waals surface area contributed by atoms with Crippen molar-refractivity contribution < 1.29 is 27.4 Å². The first kappa shape index (κ1) is 27.2. The summed E-state index contributed by atoms with van der Waals surface area (Å²) in [7, 11) is -2.69. The van der Waals surface area contributed by atoms with Gasteiger partial charge >= 0.3 is 0 Å². The van der Waals surface area contributed by atoms with Gasteiger partial charge in [-0.1, -0.05) is 35.9 Å². The van der Waals surface area contributed by atoms with Gasteiger partial charge in [0.15, 0.2) is 11.5 Å². The van der Waals surface area contributed by atoms with Gasteiger partial charge in [0.1, 0.15) is 12.3 Å². The van der Waals surface area contributed by atoms with Gasteiger partial charge < -0.3 is 19.5 Å². The van der Waals surface area contributed by atoms with E-state index in [0.717, 1.165) is 9.87 Å². The van der Waals surface area contributed by atoms with Crippen LogP contribution in [0.2, 0.25) is 5.02 Å². The van der Waals surface area contributed by atoms with Crippen molar-refractivity contribution in [3.05, 3.63) is 77.3 Å². The summed E-state index contributed by atoms with van der Waals surface area (Å²) < 4.78 is 44.7. The van der Waals surface area contributed by atoms with Gasteiger partial charge in [0.05, 0.1) is 30.9 Å². The van der Waals surface area contributed by atoms with E-state index in [0.29, 0.717) is 29.7 Å². The largest absolute Gasteiger partial charge is 0.495 e. The second-order valence-electron chi connectivity index (χ2n) is 7.56. The highest BCUT2D eigenvalue weighted by molar-refractivity contribution is 7.92. The lowest BCUT2D eigenvalue weighted by Crippen LogP contribution is -2.40. The Hall–Kier alpha value is -3.43. The predicted molar refractivity (Wildman–Crippen MR) is 140 cm³/mol. The maximum atomic E-state index is 13.6. The zero-order chi connectivity index (χ0) is 26.1. The van der Waals surface area contributed by atoms with Gasteiger partial charge in [-0.25, -0.2) is 8.42 Å². The highest BCUT2D eigenvalue weighted by Gasteiger charge is 2.29. The number of hydrogen-bond donors (Lipinski definition) is 1. The van der Waals surface area contributed by atoms with Crippen LogP contribution in [0.1, 0.15) is 19.4 Å². The summed E-state index contributed by atoms with van der Waals surface area (Å²) in [5.74, 6) is 0.939. The Labute approximate surface area is 216 Å². The highest BCUT2D eigenvalue weighted by atomic mass is 35.5. The van der Waals surface area contributed by atoms with E-state index in [4.69, 9.17) is 25.8 Å². The van der Waals surface area contributed by atoms with E-state index in [9.17, 15) is 13.2 Å². The number of carbonyl (C=O) groups is 1. The number of amides is 1. The minimum atomic E-state index is -4.11. The van der Waals surface area contributed by atoms with Crippen LogP contribution in [0.15, 0.2) is 71.6 Å². The van der Waals surface area contributed by atoms with E-state index >= 15 is 0 Å². The van der Waals surface area contributed by atoms with E-state index < -0.39 is 22.5 Å². The number of anilines is 1. The maximum Gasteiger partial charge on any atom is 0.264 e. The average Bonchev–Trinajstić information content (AvgIpc) is 2.88. The van der Waals surface area contributed by atoms with Crippen molar-refractivity contribution in [3.8, 4) is 17.2 Å². The average molecular weight is 533 g/mol. The fraction of sp³-hybridized carbons (Fsp3) is 0.269. The summed E-state index contributed by atoms with van der Waals surface area (Å²) in [4.78, 5) is 13.0.